The Balaban J connectivity index is 2.21. The fourth-order valence-electron chi connectivity index (χ4n) is 3.22. The third-order valence-corrected chi connectivity index (χ3v) is 4.94. The first-order valence-electron chi connectivity index (χ1n) is 8.45. The molecule has 1 aromatic heterocycles. The number of nitrogens with zero attached hydrogens (tertiary/aromatic N) is 1. The highest BCUT2D eigenvalue weighted by molar-refractivity contribution is 6.30. The maximum atomic E-state index is 13.3. The first kappa shape index (κ1) is 19.5. The Bertz CT molecular complexity index is 967. The summed E-state index contributed by atoms with van der Waals surface area (Å²) in [4.78, 5) is 39.9. The van der Waals surface area contributed by atoms with E-state index in [1.54, 1.807) is 6.92 Å². The van der Waals surface area contributed by atoms with Crippen LogP contribution < -0.4 is 11.2 Å². The number of Topliss-reactive ketones (excluding diaryl/α,β-unsaturated/α-hetero) is 1. The summed E-state index contributed by atoms with van der Waals surface area (Å²) >= 11 is 5.87. The van der Waals surface area contributed by atoms with Crippen molar-refractivity contribution in [1.29, 1.82) is 0 Å². The molecule has 0 saturated carbocycles. The number of rotatable bonds is 5. The van der Waals surface area contributed by atoms with Crippen molar-refractivity contribution in [3.05, 3.63) is 67.4 Å². The summed E-state index contributed by atoms with van der Waals surface area (Å²) in [6.07, 6.45) is -0.886. The number of aliphatic hydroxyl groups excluding tert-OH is 2. The van der Waals surface area contributed by atoms with Crippen LogP contribution in [0.2, 0.25) is 5.02 Å². The van der Waals surface area contributed by atoms with Crippen LogP contribution in [0.5, 0.6) is 0 Å². The highest BCUT2D eigenvalue weighted by Crippen LogP contribution is 2.37. The van der Waals surface area contributed by atoms with Gasteiger partial charge >= 0.3 is 5.69 Å². The van der Waals surface area contributed by atoms with Crippen LogP contribution in [0.3, 0.4) is 0 Å². The average molecular weight is 395 g/mol. The van der Waals surface area contributed by atoms with Crippen LogP contribution in [0.1, 0.15) is 29.3 Å². The zero-order chi connectivity index (χ0) is 19.8. The van der Waals surface area contributed by atoms with E-state index in [0.717, 1.165) is 4.57 Å². The van der Waals surface area contributed by atoms with Crippen molar-refractivity contribution in [1.82, 2.24) is 9.55 Å². The first-order valence-corrected chi connectivity index (χ1v) is 8.82. The molecule has 0 spiro atoms. The van der Waals surface area contributed by atoms with Gasteiger partial charge in [-0.15, -0.1) is 0 Å². The Morgan fingerprint density at radius 3 is 2.59 bits per heavy atom. The summed E-state index contributed by atoms with van der Waals surface area (Å²) in [6, 6.07) is 5.99. The molecule has 1 aromatic carbocycles. The molecule has 3 atom stereocenters. The van der Waals surface area contributed by atoms with E-state index in [1.807, 2.05) is 0 Å². The quantitative estimate of drug-likeness (QED) is 0.632. The number of benzene rings is 1. The molecule has 2 aromatic rings. The Kier molecular flexibility index (Phi) is 5.34. The second-order valence-electron chi connectivity index (χ2n) is 6.37. The normalized spacial score (nSPS) is 24.9. The summed E-state index contributed by atoms with van der Waals surface area (Å²) in [5.74, 6) is -0.592. The van der Waals surface area contributed by atoms with Crippen LogP contribution in [-0.4, -0.2) is 44.4 Å². The number of ether oxygens (including phenoxy) is 1. The molecule has 9 heteroatoms. The molecule has 0 amide bonds. The summed E-state index contributed by atoms with van der Waals surface area (Å²) in [5, 5.41) is 20.1. The van der Waals surface area contributed by atoms with Crippen LogP contribution in [0.4, 0.5) is 0 Å². The number of carbonyl (C=O) groups excluding carboxylic acids is 1. The number of H-pyrrole nitrogens is 1. The lowest BCUT2D eigenvalue weighted by molar-refractivity contribution is -0.0937. The Morgan fingerprint density at radius 2 is 2.04 bits per heavy atom. The minimum absolute atomic E-state index is 0.210. The number of carbonyl (C=O) groups is 1. The highest BCUT2D eigenvalue weighted by atomic mass is 35.5. The van der Waals surface area contributed by atoms with Crippen LogP contribution >= 0.6 is 11.6 Å². The second kappa shape index (κ2) is 7.40. The van der Waals surface area contributed by atoms with E-state index in [4.69, 9.17) is 16.3 Å². The Labute approximate surface area is 159 Å². The van der Waals surface area contributed by atoms with Gasteiger partial charge in [0.25, 0.3) is 5.56 Å². The number of aliphatic hydroxyl groups is 2. The number of ketones is 1. The van der Waals surface area contributed by atoms with Crippen LogP contribution in [0.25, 0.3) is 0 Å². The van der Waals surface area contributed by atoms with E-state index in [-0.39, 0.29) is 17.5 Å². The van der Waals surface area contributed by atoms with E-state index in [9.17, 15) is 24.6 Å². The van der Waals surface area contributed by atoms with Gasteiger partial charge < -0.3 is 14.9 Å². The van der Waals surface area contributed by atoms with Crippen molar-refractivity contribution < 1.29 is 19.7 Å². The van der Waals surface area contributed by atoms with Crippen LogP contribution in [-0.2, 0) is 16.9 Å². The van der Waals surface area contributed by atoms with Gasteiger partial charge in [-0.3, -0.25) is 19.1 Å². The SMILES string of the molecule is CCc1cn([C@@]2(C(=O)c3ccc(Cl)cc3)C[C@H](O)[C@@H](CO)O2)c(=O)[nH]c1=O. The van der Waals surface area contributed by atoms with Gasteiger partial charge in [-0.2, -0.15) is 0 Å². The van der Waals surface area contributed by atoms with Crippen molar-refractivity contribution in [3.8, 4) is 0 Å². The third-order valence-electron chi connectivity index (χ3n) is 4.69. The molecule has 8 nitrogen and oxygen atoms in total. The lowest BCUT2D eigenvalue weighted by Crippen LogP contribution is -2.50. The lowest BCUT2D eigenvalue weighted by Gasteiger charge is -2.30. The Hall–Kier alpha value is -2.26. The van der Waals surface area contributed by atoms with Crippen LogP contribution in [0, 0.1) is 0 Å². The van der Waals surface area contributed by atoms with Gasteiger partial charge in [0.1, 0.15) is 6.10 Å². The van der Waals surface area contributed by atoms with Gasteiger partial charge in [-0.1, -0.05) is 18.5 Å². The average Bonchev–Trinajstić information content (AvgIpc) is 2.99. The summed E-state index contributed by atoms with van der Waals surface area (Å²) < 4.78 is 6.71. The summed E-state index contributed by atoms with van der Waals surface area (Å²) in [5.41, 5.74) is -2.80. The maximum Gasteiger partial charge on any atom is 0.331 e. The monoisotopic (exact) mass is 394 g/mol. The molecule has 1 saturated heterocycles. The highest BCUT2D eigenvalue weighted by Gasteiger charge is 2.53. The van der Waals surface area contributed by atoms with Gasteiger partial charge in [-0.25, -0.2) is 4.79 Å². The molecule has 27 heavy (non-hydrogen) atoms. The molecule has 0 bridgehead atoms. The molecule has 3 N–H and O–H groups in total. The molecule has 1 aliphatic rings. The molecule has 2 heterocycles. The number of nitrogens with one attached hydrogen (secondary N) is 1. The lowest BCUT2D eigenvalue weighted by atomic mass is 9.96. The van der Waals surface area contributed by atoms with Gasteiger partial charge in [0.05, 0.1) is 12.7 Å². The van der Waals surface area contributed by atoms with Gasteiger partial charge in [0.15, 0.2) is 0 Å². The molecule has 3 rings (SSSR count). The third kappa shape index (κ3) is 3.37. The molecular weight excluding hydrogens is 376 g/mol. The largest absolute Gasteiger partial charge is 0.394 e. The number of hydrogen-bond donors (Lipinski definition) is 3. The predicted molar refractivity (Wildman–Crippen MR) is 97.0 cm³/mol. The van der Waals surface area contributed by atoms with Crippen molar-refractivity contribution in [2.24, 2.45) is 0 Å². The van der Waals surface area contributed by atoms with Gasteiger partial charge in [0, 0.05) is 28.8 Å². The number of hydrogen-bond acceptors (Lipinski definition) is 6. The van der Waals surface area contributed by atoms with Gasteiger partial charge in [-0.05, 0) is 30.7 Å². The smallest absolute Gasteiger partial charge is 0.331 e. The van der Waals surface area contributed by atoms with E-state index in [2.05, 4.69) is 4.98 Å². The van der Waals surface area contributed by atoms with E-state index >= 15 is 0 Å². The van der Waals surface area contributed by atoms with Crippen molar-refractivity contribution in [3.63, 3.8) is 0 Å². The zero-order valence-electron chi connectivity index (χ0n) is 14.5. The standard InChI is InChI=1S/C18H19ClN2O6/c1-2-10-8-21(17(26)20-16(10)25)18(7-13(23)14(9-22)27-18)15(24)11-3-5-12(19)6-4-11/h3-6,8,13-14,22-23H,2,7,9H2,1H3,(H,20,25,26)/t13-,14+,18-/m0/s1. The molecule has 1 aliphatic heterocycles. The fraction of sp³-hybridized carbons (Fsp3) is 0.389. The predicted octanol–water partition coefficient (Wildman–Crippen LogP) is 0.430. The maximum absolute atomic E-state index is 13.3. The second-order valence-corrected chi connectivity index (χ2v) is 6.80. The van der Waals surface area contributed by atoms with Gasteiger partial charge in [0.2, 0.25) is 11.5 Å². The zero-order valence-corrected chi connectivity index (χ0v) is 15.3. The molecule has 0 radical (unpaired) electrons. The minimum Gasteiger partial charge on any atom is -0.394 e. The molecular formula is C18H19ClN2O6. The molecule has 0 aliphatic carbocycles. The summed E-state index contributed by atoms with van der Waals surface area (Å²) in [6.45, 7) is 1.20. The molecule has 144 valence electrons. The number of aryl methyl sites for hydroxylation is 1. The van der Waals surface area contributed by atoms with E-state index < -0.39 is 41.6 Å². The molecule has 0 unspecified atom stereocenters. The van der Waals surface area contributed by atoms with E-state index in [1.165, 1.54) is 30.5 Å². The fourth-order valence-corrected chi connectivity index (χ4v) is 3.35. The van der Waals surface area contributed by atoms with Crippen molar-refractivity contribution in [2.75, 3.05) is 6.61 Å². The number of aromatic nitrogens is 2. The molecule has 1 fully saturated rings. The summed E-state index contributed by atoms with van der Waals surface area (Å²) in [7, 11) is 0. The topological polar surface area (TPSA) is 122 Å². The van der Waals surface area contributed by atoms with Crippen molar-refractivity contribution in [2.45, 2.75) is 37.7 Å². The number of halogens is 1. The number of aromatic amines is 1. The van der Waals surface area contributed by atoms with Crippen LogP contribution in [0.15, 0.2) is 40.1 Å². The first-order chi connectivity index (χ1) is 12.8. The minimum atomic E-state index is -1.90. The van der Waals surface area contributed by atoms with Crippen molar-refractivity contribution >= 4 is 17.4 Å². The van der Waals surface area contributed by atoms with E-state index in [0.29, 0.717) is 11.4 Å². The Morgan fingerprint density at radius 1 is 1.37 bits per heavy atom.